The SMILES string of the molecule is Oc1ccccc1/C=N/Nc1nc(N/N=C/c2ccccc2O)nc(N2CCOCC2)n1. The summed E-state index contributed by atoms with van der Waals surface area (Å²) in [5, 5.41) is 27.9. The predicted molar refractivity (Wildman–Crippen MR) is 122 cm³/mol. The number of anilines is 3. The van der Waals surface area contributed by atoms with Crippen molar-refractivity contribution >= 4 is 30.3 Å². The average Bonchev–Trinajstić information content (AvgIpc) is 2.82. The Bertz CT molecular complexity index is 1040. The summed E-state index contributed by atoms with van der Waals surface area (Å²) in [4.78, 5) is 15.1. The Morgan fingerprint density at radius 1 is 0.781 bits per heavy atom. The number of nitrogens with zero attached hydrogens (tertiary/aromatic N) is 6. The maximum absolute atomic E-state index is 9.85. The van der Waals surface area contributed by atoms with E-state index in [-0.39, 0.29) is 23.4 Å². The van der Waals surface area contributed by atoms with Crippen LogP contribution in [-0.4, -0.2) is 63.9 Å². The maximum atomic E-state index is 9.85. The summed E-state index contributed by atoms with van der Waals surface area (Å²) < 4.78 is 5.39. The second-order valence-corrected chi connectivity index (χ2v) is 6.74. The number of rotatable bonds is 7. The van der Waals surface area contributed by atoms with Gasteiger partial charge in [0, 0.05) is 24.2 Å². The van der Waals surface area contributed by atoms with E-state index in [0.29, 0.717) is 43.4 Å². The van der Waals surface area contributed by atoms with Gasteiger partial charge in [0.05, 0.1) is 25.6 Å². The van der Waals surface area contributed by atoms with Crippen molar-refractivity contribution < 1.29 is 14.9 Å². The van der Waals surface area contributed by atoms with Crippen LogP contribution in [0, 0.1) is 0 Å². The third-order valence-electron chi connectivity index (χ3n) is 4.53. The number of hydrogen-bond donors (Lipinski definition) is 4. The lowest BCUT2D eigenvalue weighted by Gasteiger charge is -2.26. The first-order valence-electron chi connectivity index (χ1n) is 9.92. The van der Waals surface area contributed by atoms with Crippen molar-refractivity contribution in [3.8, 4) is 11.5 Å². The Kier molecular flexibility index (Phi) is 6.68. The normalized spacial score (nSPS) is 14.2. The number of para-hydroxylation sites is 2. The molecule has 3 aromatic rings. The molecule has 11 heteroatoms. The highest BCUT2D eigenvalue weighted by Crippen LogP contribution is 2.17. The Hall–Kier alpha value is -4.25. The van der Waals surface area contributed by atoms with E-state index in [9.17, 15) is 10.2 Å². The van der Waals surface area contributed by atoms with Gasteiger partial charge in [-0.1, -0.05) is 24.3 Å². The number of ether oxygens (including phenoxy) is 1. The smallest absolute Gasteiger partial charge is 0.250 e. The number of nitrogens with one attached hydrogen (secondary N) is 2. The van der Waals surface area contributed by atoms with Crippen LogP contribution < -0.4 is 15.8 Å². The van der Waals surface area contributed by atoms with Gasteiger partial charge in [-0.15, -0.1) is 0 Å². The first-order valence-corrected chi connectivity index (χ1v) is 9.92. The molecule has 0 unspecified atom stereocenters. The zero-order chi connectivity index (χ0) is 22.2. The van der Waals surface area contributed by atoms with Crippen molar-refractivity contribution in [1.29, 1.82) is 0 Å². The fraction of sp³-hybridized carbons (Fsp3) is 0.190. The van der Waals surface area contributed by atoms with Crippen LogP contribution in [0.4, 0.5) is 17.8 Å². The summed E-state index contributed by atoms with van der Waals surface area (Å²) in [6.45, 7) is 2.44. The average molecular weight is 434 g/mol. The number of morpholine rings is 1. The monoisotopic (exact) mass is 434 g/mol. The van der Waals surface area contributed by atoms with Crippen LogP contribution in [0.1, 0.15) is 11.1 Å². The molecule has 0 atom stereocenters. The molecule has 1 aliphatic heterocycles. The fourth-order valence-corrected chi connectivity index (χ4v) is 2.88. The van der Waals surface area contributed by atoms with Crippen molar-refractivity contribution in [2.75, 3.05) is 42.1 Å². The van der Waals surface area contributed by atoms with E-state index in [1.165, 1.54) is 12.4 Å². The molecule has 1 fully saturated rings. The minimum absolute atomic E-state index is 0.114. The minimum Gasteiger partial charge on any atom is -0.507 e. The lowest BCUT2D eigenvalue weighted by Crippen LogP contribution is -2.37. The molecule has 11 nitrogen and oxygen atoms in total. The van der Waals surface area contributed by atoms with Crippen LogP contribution in [0.25, 0.3) is 0 Å². The van der Waals surface area contributed by atoms with Gasteiger partial charge in [0.15, 0.2) is 0 Å². The molecule has 1 aromatic heterocycles. The minimum atomic E-state index is 0.114. The van der Waals surface area contributed by atoms with E-state index >= 15 is 0 Å². The molecule has 0 saturated carbocycles. The van der Waals surface area contributed by atoms with Crippen molar-refractivity contribution in [2.45, 2.75) is 0 Å². The van der Waals surface area contributed by atoms with Gasteiger partial charge in [-0.2, -0.15) is 25.2 Å². The van der Waals surface area contributed by atoms with Gasteiger partial charge in [0.1, 0.15) is 11.5 Å². The molecule has 4 rings (SSSR count). The third kappa shape index (κ3) is 5.46. The van der Waals surface area contributed by atoms with E-state index in [2.05, 4.69) is 36.0 Å². The van der Waals surface area contributed by atoms with Crippen LogP contribution in [0.15, 0.2) is 58.7 Å². The molecular weight excluding hydrogens is 412 g/mol. The summed E-state index contributed by atoms with van der Waals surface area (Å²) in [7, 11) is 0. The lowest BCUT2D eigenvalue weighted by atomic mass is 10.2. The molecule has 2 aromatic carbocycles. The van der Waals surface area contributed by atoms with Gasteiger partial charge in [-0.05, 0) is 24.3 Å². The van der Waals surface area contributed by atoms with Gasteiger partial charge < -0.3 is 19.8 Å². The highest BCUT2D eigenvalue weighted by molar-refractivity contribution is 5.84. The third-order valence-corrected chi connectivity index (χ3v) is 4.53. The van der Waals surface area contributed by atoms with Crippen LogP contribution >= 0.6 is 0 Å². The number of phenols is 2. The van der Waals surface area contributed by atoms with Crippen molar-refractivity contribution in [3.05, 3.63) is 59.7 Å². The zero-order valence-electron chi connectivity index (χ0n) is 17.1. The molecule has 2 heterocycles. The first-order chi connectivity index (χ1) is 15.7. The Morgan fingerprint density at radius 2 is 1.28 bits per heavy atom. The number of phenolic OH excluding ortho intramolecular Hbond substituents is 2. The van der Waals surface area contributed by atoms with Gasteiger partial charge in [0.25, 0.3) is 0 Å². The molecule has 0 aliphatic carbocycles. The number of benzene rings is 2. The second-order valence-electron chi connectivity index (χ2n) is 6.74. The number of aromatic hydroxyl groups is 2. The summed E-state index contributed by atoms with van der Waals surface area (Å²) in [5.74, 6) is 1.08. The molecule has 0 spiro atoms. The summed E-state index contributed by atoms with van der Waals surface area (Å²) in [6, 6.07) is 13.7. The fourth-order valence-electron chi connectivity index (χ4n) is 2.88. The molecule has 1 aliphatic rings. The van der Waals surface area contributed by atoms with Crippen LogP contribution in [0.5, 0.6) is 11.5 Å². The quantitative estimate of drug-likeness (QED) is 0.325. The zero-order valence-corrected chi connectivity index (χ0v) is 17.1. The number of hydrazone groups is 2. The van der Waals surface area contributed by atoms with Crippen LogP contribution in [0.2, 0.25) is 0 Å². The maximum Gasteiger partial charge on any atom is 0.250 e. The second kappa shape index (κ2) is 10.2. The van der Waals surface area contributed by atoms with E-state index in [1.54, 1.807) is 48.5 Å². The molecular formula is C21H22N8O3. The first kappa shape index (κ1) is 21.0. The van der Waals surface area contributed by atoms with E-state index in [4.69, 9.17) is 4.74 Å². The van der Waals surface area contributed by atoms with Gasteiger partial charge >= 0.3 is 0 Å². The van der Waals surface area contributed by atoms with Gasteiger partial charge in [-0.3, -0.25) is 0 Å². The molecule has 164 valence electrons. The van der Waals surface area contributed by atoms with Crippen molar-refractivity contribution in [2.24, 2.45) is 10.2 Å². The molecule has 0 bridgehead atoms. The van der Waals surface area contributed by atoms with Crippen LogP contribution in [-0.2, 0) is 4.74 Å². The Labute approximate surface area is 184 Å². The molecule has 0 radical (unpaired) electrons. The lowest BCUT2D eigenvalue weighted by molar-refractivity contribution is 0.122. The molecule has 4 N–H and O–H groups in total. The van der Waals surface area contributed by atoms with Crippen LogP contribution in [0.3, 0.4) is 0 Å². The number of hydrogen-bond acceptors (Lipinski definition) is 11. The highest BCUT2D eigenvalue weighted by atomic mass is 16.5. The van der Waals surface area contributed by atoms with E-state index in [1.807, 2.05) is 4.90 Å². The summed E-state index contributed by atoms with van der Waals surface area (Å²) in [6.07, 6.45) is 2.94. The van der Waals surface area contributed by atoms with Crippen molar-refractivity contribution in [1.82, 2.24) is 15.0 Å². The predicted octanol–water partition coefficient (Wildman–Crippen LogP) is 2.01. The summed E-state index contributed by atoms with van der Waals surface area (Å²) in [5.41, 5.74) is 6.63. The largest absolute Gasteiger partial charge is 0.507 e. The van der Waals surface area contributed by atoms with E-state index < -0.39 is 0 Å². The highest BCUT2D eigenvalue weighted by Gasteiger charge is 2.16. The van der Waals surface area contributed by atoms with Gasteiger partial charge in [-0.25, -0.2) is 10.9 Å². The Balaban J connectivity index is 1.53. The molecule has 32 heavy (non-hydrogen) atoms. The van der Waals surface area contributed by atoms with Crippen molar-refractivity contribution in [3.63, 3.8) is 0 Å². The topological polar surface area (TPSA) is 140 Å². The molecule has 1 saturated heterocycles. The number of aromatic nitrogens is 3. The summed E-state index contributed by atoms with van der Waals surface area (Å²) >= 11 is 0. The Morgan fingerprint density at radius 3 is 1.78 bits per heavy atom. The molecule has 0 amide bonds. The van der Waals surface area contributed by atoms with Gasteiger partial charge in [0.2, 0.25) is 17.8 Å². The standard InChI is InChI=1S/C21H22N8O3/c30-17-7-3-1-5-15(17)13-22-27-19-24-20(26-21(25-19)29-9-11-32-12-10-29)28-23-14-16-6-2-4-8-18(16)31/h1-8,13-14,30-31H,9-12H2,(H2,24,25,26,27,28)/b22-13+,23-14+. The van der Waals surface area contributed by atoms with E-state index in [0.717, 1.165) is 0 Å².